The fourth-order valence-electron chi connectivity index (χ4n) is 3.72. The van der Waals surface area contributed by atoms with Crippen molar-refractivity contribution in [1.29, 1.82) is 0 Å². The first-order valence-corrected chi connectivity index (χ1v) is 10.5. The molecule has 3 aromatic rings. The maximum absolute atomic E-state index is 12.8. The number of carbonyl (C=O) groups is 1. The van der Waals surface area contributed by atoms with Crippen molar-refractivity contribution in [3.8, 4) is 0 Å². The molecule has 1 aliphatic rings. The van der Waals surface area contributed by atoms with Gasteiger partial charge in [-0.15, -0.1) is 0 Å². The summed E-state index contributed by atoms with van der Waals surface area (Å²) in [6.45, 7) is 6.51. The second kappa shape index (κ2) is 7.70. The standard InChI is InChI=1S/C24H26F3N3O/c1-23(2,3)13-21(31)29-22-18(16-6-7-16)12-20-19(28-22)10-11-30(20)14-15-4-8-17(9-5-15)24(25,26)27/h4-5,8-12,16H,6-7,13-14H2,1-3H3,(H,28,29,31). The highest BCUT2D eigenvalue weighted by atomic mass is 19.4. The molecule has 0 bridgehead atoms. The largest absolute Gasteiger partial charge is 0.416 e. The highest BCUT2D eigenvalue weighted by molar-refractivity contribution is 5.93. The number of fused-ring (bicyclic) bond motifs is 1. The Labute approximate surface area is 179 Å². The Hall–Kier alpha value is -2.83. The van der Waals surface area contributed by atoms with E-state index >= 15 is 0 Å². The van der Waals surface area contributed by atoms with Crippen molar-refractivity contribution >= 4 is 22.8 Å². The average Bonchev–Trinajstić information content (AvgIpc) is 3.42. The molecule has 0 radical (unpaired) electrons. The first-order valence-electron chi connectivity index (χ1n) is 10.5. The fourth-order valence-corrected chi connectivity index (χ4v) is 3.72. The lowest BCUT2D eigenvalue weighted by Gasteiger charge is -2.18. The highest BCUT2D eigenvalue weighted by Crippen LogP contribution is 2.44. The van der Waals surface area contributed by atoms with Gasteiger partial charge in [-0.25, -0.2) is 4.98 Å². The smallest absolute Gasteiger partial charge is 0.342 e. The van der Waals surface area contributed by atoms with E-state index in [1.165, 1.54) is 12.1 Å². The molecular formula is C24H26F3N3O. The molecule has 2 aromatic heterocycles. The van der Waals surface area contributed by atoms with Crippen molar-refractivity contribution < 1.29 is 18.0 Å². The Kier molecular flexibility index (Phi) is 5.31. The Bertz CT molecular complexity index is 1100. The quantitative estimate of drug-likeness (QED) is 0.513. The number of benzene rings is 1. The van der Waals surface area contributed by atoms with Crippen LogP contribution in [0.4, 0.5) is 19.0 Å². The van der Waals surface area contributed by atoms with Gasteiger partial charge in [-0.1, -0.05) is 32.9 Å². The van der Waals surface area contributed by atoms with E-state index in [4.69, 9.17) is 4.98 Å². The van der Waals surface area contributed by atoms with Gasteiger partial charge >= 0.3 is 6.18 Å². The third-order valence-corrected chi connectivity index (χ3v) is 5.38. The first kappa shape index (κ1) is 21.4. The van der Waals surface area contributed by atoms with E-state index in [-0.39, 0.29) is 11.3 Å². The number of halogens is 3. The predicted molar refractivity (Wildman–Crippen MR) is 115 cm³/mol. The molecule has 1 N–H and O–H groups in total. The number of nitrogens with one attached hydrogen (secondary N) is 1. The van der Waals surface area contributed by atoms with Crippen LogP contribution in [0.1, 0.15) is 62.6 Å². The van der Waals surface area contributed by atoms with Crippen molar-refractivity contribution in [2.75, 3.05) is 5.32 Å². The normalized spacial score (nSPS) is 14.8. The van der Waals surface area contributed by atoms with Crippen LogP contribution in [0.25, 0.3) is 11.0 Å². The number of pyridine rings is 1. The van der Waals surface area contributed by atoms with Crippen LogP contribution in [0, 0.1) is 5.41 Å². The summed E-state index contributed by atoms with van der Waals surface area (Å²) in [5, 5.41) is 2.99. The zero-order valence-electron chi connectivity index (χ0n) is 17.9. The second-order valence-electron chi connectivity index (χ2n) is 9.53. The summed E-state index contributed by atoms with van der Waals surface area (Å²) in [5.74, 6) is 0.957. The van der Waals surface area contributed by atoms with E-state index < -0.39 is 11.7 Å². The molecule has 0 unspecified atom stereocenters. The minimum Gasteiger partial charge on any atom is -0.342 e. The number of amides is 1. The van der Waals surface area contributed by atoms with Gasteiger partial charge in [0, 0.05) is 24.7 Å². The lowest BCUT2D eigenvalue weighted by atomic mass is 9.92. The summed E-state index contributed by atoms with van der Waals surface area (Å²) >= 11 is 0. The average molecular weight is 429 g/mol. The SMILES string of the molecule is CC(C)(C)CC(=O)Nc1nc2ccn(Cc3ccc(C(F)(F)F)cc3)c2cc1C1CC1. The van der Waals surface area contributed by atoms with Gasteiger partial charge in [0.2, 0.25) is 5.91 Å². The first-order chi connectivity index (χ1) is 14.5. The summed E-state index contributed by atoms with van der Waals surface area (Å²) in [6, 6.07) is 9.16. The molecular weight excluding hydrogens is 403 g/mol. The van der Waals surface area contributed by atoms with Gasteiger partial charge in [0.1, 0.15) is 5.82 Å². The minimum atomic E-state index is -4.34. The molecule has 0 atom stereocenters. The summed E-state index contributed by atoms with van der Waals surface area (Å²) < 4.78 is 40.4. The van der Waals surface area contributed by atoms with Gasteiger partial charge < -0.3 is 9.88 Å². The number of hydrogen-bond acceptors (Lipinski definition) is 2. The molecule has 1 fully saturated rings. The van der Waals surface area contributed by atoms with Crippen LogP contribution in [0.3, 0.4) is 0 Å². The Balaban J connectivity index is 1.61. The Morgan fingerprint density at radius 2 is 1.81 bits per heavy atom. The van der Waals surface area contributed by atoms with E-state index in [0.29, 0.717) is 24.7 Å². The molecule has 0 aliphatic heterocycles. The van der Waals surface area contributed by atoms with Gasteiger partial charge in [-0.3, -0.25) is 4.79 Å². The van der Waals surface area contributed by atoms with E-state index in [0.717, 1.165) is 47.1 Å². The zero-order chi connectivity index (χ0) is 22.4. The van der Waals surface area contributed by atoms with Crippen molar-refractivity contribution in [3.63, 3.8) is 0 Å². The van der Waals surface area contributed by atoms with Crippen LogP contribution in [0.2, 0.25) is 0 Å². The van der Waals surface area contributed by atoms with Crippen molar-refractivity contribution in [1.82, 2.24) is 9.55 Å². The van der Waals surface area contributed by atoms with E-state index in [2.05, 4.69) is 11.4 Å². The van der Waals surface area contributed by atoms with Gasteiger partial charge in [-0.05, 0) is 54.0 Å². The van der Waals surface area contributed by atoms with Crippen LogP contribution >= 0.6 is 0 Å². The van der Waals surface area contributed by atoms with Gasteiger partial charge in [0.15, 0.2) is 0 Å². The molecule has 2 heterocycles. The van der Waals surface area contributed by atoms with Crippen molar-refractivity contribution in [2.24, 2.45) is 5.41 Å². The number of rotatable bonds is 5. The molecule has 1 saturated carbocycles. The van der Waals surface area contributed by atoms with Crippen LogP contribution in [-0.2, 0) is 17.5 Å². The molecule has 1 amide bonds. The third-order valence-electron chi connectivity index (χ3n) is 5.38. The lowest BCUT2D eigenvalue weighted by molar-refractivity contribution is -0.137. The number of hydrogen-bond donors (Lipinski definition) is 1. The highest BCUT2D eigenvalue weighted by Gasteiger charge is 2.30. The summed E-state index contributed by atoms with van der Waals surface area (Å²) in [4.78, 5) is 17.2. The summed E-state index contributed by atoms with van der Waals surface area (Å²) in [7, 11) is 0. The zero-order valence-corrected chi connectivity index (χ0v) is 17.9. The van der Waals surface area contributed by atoms with E-state index in [1.54, 1.807) is 0 Å². The number of nitrogens with zero attached hydrogens (tertiary/aromatic N) is 2. The third kappa shape index (κ3) is 5.09. The minimum absolute atomic E-state index is 0.0505. The van der Waals surface area contributed by atoms with Crippen LogP contribution < -0.4 is 5.32 Å². The molecule has 0 saturated heterocycles. The molecule has 1 aromatic carbocycles. The molecule has 0 spiro atoms. The van der Waals surface area contributed by atoms with Crippen LogP contribution in [0.5, 0.6) is 0 Å². The predicted octanol–water partition coefficient (Wildman–Crippen LogP) is 6.36. The molecule has 1 aliphatic carbocycles. The molecule has 31 heavy (non-hydrogen) atoms. The summed E-state index contributed by atoms with van der Waals surface area (Å²) in [5.41, 5.74) is 2.71. The van der Waals surface area contributed by atoms with E-state index in [1.807, 2.05) is 37.6 Å². The maximum atomic E-state index is 12.8. The number of alkyl halides is 3. The van der Waals surface area contributed by atoms with E-state index in [9.17, 15) is 18.0 Å². The lowest BCUT2D eigenvalue weighted by Crippen LogP contribution is -2.21. The molecule has 164 valence electrons. The molecule has 4 rings (SSSR count). The Morgan fingerprint density at radius 3 is 2.39 bits per heavy atom. The topological polar surface area (TPSA) is 46.9 Å². The van der Waals surface area contributed by atoms with Gasteiger partial charge in [0.25, 0.3) is 0 Å². The van der Waals surface area contributed by atoms with Gasteiger partial charge in [-0.2, -0.15) is 13.2 Å². The summed E-state index contributed by atoms with van der Waals surface area (Å²) in [6.07, 6.45) is 0.0813. The van der Waals surface area contributed by atoms with Crippen molar-refractivity contribution in [2.45, 2.75) is 58.7 Å². The Morgan fingerprint density at radius 1 is 1.13 bits per heavy atom. The second-order valence-corrected chi connectivity index (χ2v) is 9.53. The van der Waals surface area contributed by atoms with Crippen LogP contribution in [-0.4, -0.2) is 15.5 Å². The van der Waals surface area contributed by atoms with Gasteiger partial charge in [0.05, 0.1) is 16.6 Å². The molecule has 7 heteroatoms. The number of carbonyl (C=O) groups excluding carboxylic acids is 1. The van der Waals surface area contributed by atoms with Crippen LogP contribution in [0.15, 0.2) is 42.6 Å². The fraction of sp³-hybridized carbons (Fsp3) is 0.417. The number of aromatic nitrogens is 2. The maximum Gasteiger partial charge on any atom is 0.416 e. The monoisotopic (exact) mass is 429 g/mol. The molecule has 4 nitrogen and oxygen atoms in total. The van der Waals surface area contributed by atoms with Crippen molar-refractivity contribution in [3.05, 3.63) is 59.3 Å². The number of anilines is 1.